The van der Waals surface area contributed by atoms with Crippen LogP contribution in [0.1, 0.15) is 34.8 Å². The summed E-state index contributed by atoms with van der Waals surface area (Å²) in [5, 5.41) is 5.52. The second-order valence-electron chi connectivity index (χ2n) is 8.75. The second kappa shape index (κ2) is 11.4. The summed E-state index contributed by atoms with van der Waals surface area (Å²) in [6.45, 7) is 2.63. The van der Waals surface area contributed by atoms with Gasteiger partial charge in [0.15, 0.2) is 0 Å². The minimum atomic E-state index is -4.55. The number of rotatable bonds is 8. The summed E-state index contributed by atoms with van der Waals surface area (Å²) in [5.74, 6) is -1.42. The zero-order valence-electron chi connectivity index (χ0n) is 20.5. The lowest BCUT2D eigenvalue weighted by Crippen LogP contribution is -2.29. The van der Waals surface area contributed by atoms with E-state index in [4.69, 9.17) is 4.74 Å². The van der Waals surface area contributed by atoms with E-state index in [0.717, 1.165) is 23.4 Å². The Morgan fingerprint density at radius 3 is 2.47 bits per heavy atom. The summed E-state index contributed by atoms with van der Waals surface area (Å²) in [5.41, 5.74) is 0.579. The lowest BCUT2D eigenvalue weighted by Gasteiger charge is -2.18. The third kappa shape index (κ3) is 6.31. The zero-order chi connectivity index (χ0) is 27.3. The van der Waals surface area contributed by atoms with E-state index >= 15 is 0 Å². The average Bonchev–Trinajstić information content (AvgIpc) is 3.30. The molecule has 3 aromatic carbocycles. The molecule has 0 bridgehead atoms. The molecule has 0 spiro atoms. The monoisotopic (exact) mass is 525 g/mol. The number of benzene rings is 3. The first-order valence-electron chi connectivity index (χ1n) is 12.0. The normalized spacial score (nSPS) is 15.3. The maximum atomic E-state index is 13.1. The van der Waals surface area contributed by atoms with Crippen LogP contribution in [0.2, 0.25) is 0 Å². The molecular formula is C28H26F3N3O4. The van der Waals surface area contributed by atoms with Gasteiger partial charge in [-0.15, -0.1) is 0 Å². The lowest BCUT2D eigenvalue weighted by atomic mass is 10.1. The number of nitrogens with zero attached hydrogens (tertiary/aromatic N) is 1. The van der Waals surface area contributed by atoms with Crippen LogP contribution in [0, 0.1) is 5.92 Å². The number of anilines is 2. The highest BCUT2D eigenvalue weighted by Crippen LogP contribution is 2.33. The molecule has 4 rings (SSSR count). The summed E-state index contributed by atoms with van der Waals surface area (Å²) >= 11 is 0. The van der Waals surface area contributed by atoms with Crippen molar-refractivity contribution < 1.29 is 32.3 Å². The first-order chi connectivity index (χ1) is 18.2. The number of hydrogen-bond acceptors (Lipinski definition) is 4. The van der Waals surface area contributed by atoms with Gasteiger partial charge in [0.2, 0.25) is 11.8 Å². The maximum absolute atomic E-state index is 13.1. The highest BCUT2D eigenvalue weighted by Gasteiger charge is 2.37. The molecule has 10 heteroatoms. The van der Waals surface area contributed by atoms with Crippen LogP contribution in [0.25, 0.3) is 0 Å². The van der Waals surface area contributed by atoms with E-state index in [1.807, 2.05) is 31.2 Å². The Morgan fingerprint density at radius 2 is 1.76 bits per heavy atom. The number of carbonyl (C=O) groups excluding carboxylic acids is 3. The standard InChI is InChI=1S/C28H26F3N3O4/c1-2-38-22-12-10-18(11-13-22)16-32-27(37)23-8-3-4-9-24(23)33-26(36)19-14-25(35)34(17-19)21-7-5-6-20(15-21)28(29,30)31/h3-13,15,19H,2,14,16-17H2,1H3,(H,32,37)(H,33,36)/t19-/m1/s1. The van der Waals surface area contributed by atoms with Crippen LogP contribution in [-0.4, -0.2) is 30.9 Å². The van der Waals surface area contributed by atoms with Gasteiger partial charge in [-0.25, -0.2) is 0 Å². The predicted molar refractivity (Wildman–Crippen MR) is 136 cm³/mol. The Kier molecular flexibility index (Phi) is 7.99. The van der Waals surface area contributed by atoms with Gasteiger partial charge < -0.3 is 20.3 Å². The molecule has 0 aliphatic carbocycles. The van der Waals surface area contributed by atoms with Crippen molar-refractivity contribution in [2.75, 3.05) is 23.4 Å². The van der Waals surface area contributed by atoms with Crippen molar-refractivity contribution in [2.24, 2.45) is 5.92 Å². The molecule has 2 N–H and O–H groups in total. The summed E-state index contributed by atoms with van der Waals surface area (Å²) in [4.78, 5) is 39.6. The molecule has 7 nitrogen and oxygen atoms in total. The minimum Gasteiger partial charge on any atom is -0.494 e. The number of halogens is 3. The molecular weight excluding hydrogens is 499 g/mol. The highest BCUT2D eigenvalue weighted by atomic mass is 19.4. The SMILES string of the molecule is CCOc1ccc(CNC(=O)c2ccccc2NC(=O)[C@@H]2CC(=O)N(c3cccc(C(F)(F)F)c3)C2)cc1. The molecule has 0 aromatic heterocycles. The van der Waals surface area contributed by atoms with Gasteiger partial charge in [-0.2, -0.15) is 13.2 Å². The van der Waals surface area contributed by atoms with Crippen LogP contribution >= 0.6 is 0 Å². The molecule has 1 fully saturated rings. The van der Waals surface area contributed by atoms with Gasteiger partial charge in [0.1, 0.15) is 5.75 Å². The van der Waals surface area contributed by atoms with Crippen LogP contribution in [0.15, 0.2) is 72.8 Å². The zero-order valence-corrected chi connectivity index (χ0v) is 20.5. The molecule has 0 radical (unpaired) electrons. The first-order valence-corrected chi connectivity index (χ1v) is 12.0. The summed E-state index contributed by atoms with van der Waals surface area (Å²) in [6, 6.07) is 18.2. The third-order valence-corrected chi connectivity index (χ3v) is 6.10. The quantitative estimate of drug-likeness (QED) is 0.432. The Hall–Kier alpha value is -4.34. The number of amides is 3. The van der Waals surface area contributed by atoms with E-state index in [1.165, 1.54) is 17.0 Å². The molecule has 1 atom stereocenters. The van der Waals surface area contributed by atoms with E-state index < -0.39 is 35.4 Å². The van der Waals surface area contributed by atoms with Gasteiger partial charge in [-0.05, 0) is 55.0 Å². The number of carbonyl (C=O) groups is 3. The number of para-hydroxylation sites is 1. The molecule has 1 saturated heterocycles. The summed E-state index contributed by atoms with van der Waals surface area (Å²) in [7, 11) is 0. The average molecular weight is 526 g/mol. The van der Waals surface area contributed by atoms with Gasteiger partial charge in [0.05, 0.1) is 29.3 Å². The van der Waals surface area contributed by atoms with Crippen LogP contribution in [0.3, 0.4) is 0 Å². The maximum Gasteiger partial charge on any atom is 0.416 e. The van der Waals surface area contributed by atoms with Crippen molar-refractivity contribution in [1.29, 1.82) is 0 Å². The molecule has 1 aliphatic rings. The molecule has 1 aliphatic heterocycles. The summed E-state index contributed by atoms with van der Waals surface area (Å²) in [6.07, 6.45) is -4.71. The third-order valence-electron chi connectivity index (χ3n) is 6.10. The van der Waals surface area contributed by atoms with Gasteiger partial charge in [0, 0.05) is 25.2 Å². The number of ether oxygens (including phenoxy) is 1. The second-order valence-corrected chi connectivity index (χ2v) is 8.75. The molecule has 3 aromatic rings. The van der Waals surface area contributed by atoms with Crippen LogP contribution in [-0.2, 0) is 22.3 Å². The molecule has 0 unspecified atom stereocenters. The largest absolute Gasteiger partial charge is 0.494 e. The van der Waals surface area contributed by atoms with Crippen molar-refractivity contribution in [3.63, 3.8) is 0 Å². The van der Waals surface area contributed by atoms with E-state index in [2.05, 4.69) is 10.6 Å². The van der Waals surface area contributed by atoms with Gasteiger partial charge in [0.25, 0.3) is 5.91 Å². The van der Waals surface area contributed by atoms with Crippen LogP contribution in [0.4, 0.5) is 24.5 Å². The van der Waals surface area contributed by atoms with Crippen molar-refractivity contribution in [3.8, 4) is 5.75 Å². The fourth-order valence-corrected chi connectivity index (χ4v) is 4.16. The van der Waals surface area contributed by atoms with Gasteiger partial charge in [-0.3, -0.25) is 14.4 Å². The minimum absolute atomic E-state index is 0.0713. The van der Waals surface area contributed by atoms with E-state index in [-0.39, 0.29) is 36.4 Å². The van der Waals surface area contributed by atoms with Crippen molar-refractivity contribution in [1.82, 2.24) is 5.32 Å². The molecule has 198 valence electrons. The predicted octanol–water partition coefficient (Wildman–Crippen LogP) is 5.03. The molecule has 3 amide bonds. The topological polar surface area (TPSA) is 87.7 Å². The fraction of sp³-hybridized carbons (Fsp3) is 0.250. The molecule has 0 saturated carbocycles. The van der Waals surface area contributed by atoms with Crippen LogP contribution in [0.5, 0.6) is 5.75 Å². The Bertz CT molecular complexity index is 1330. The van der Waals surface area contributed by atoms with Crippen molar-refractivity contribution in [3.05, 3.63) is 89.5 Å². The number of alkyl halides is 3. The first kappa shape index (κ1) is 26.7. The smallest absolute Gasteiger partial charge is 0.416 e. The summed E-state index contributed by atoms with van der Waals surface area (Å²) < 4.78 is 44.7. The lowest BCUT2D eigenvalue weighted by molar-refractivity contribution is -0.137. The van der Waals surface area contributed by atoms with E-state index in [0.29, 0.717) is 6.61 Å². The van der Waals surface area contributed by atoms with Gasteiger partial charge >= 0.3 is 6.18 Å². The molecule has 38 heavy (non-hydrogen) atoms. The van der Waals surface area contributed by atoms with E-state index in [9.17, 15) is 27.6 Å². The Balaban J connectivity index is 1.40. The van der Waals surface area contributed by atoms with Crippen molar-refractivity contribution in [2.45, 2.75) is 26.1 Å². The Labute approximate surface area is 217 Å². The van der Waals surface area contributed by atoms with Crippen LogP contribution < -0.4 is 20.3 Å². The van der Waals surface area contributed by atoms with Crippen molar-refractivity contribution >= 4 is 29.1 Å². The Morgan fingerprint density at radius 1 is 1.03 bits per heavy atom. The molecule has 1 heterocycles. The fourth-order valence-electron chi connectivity index (χ4n) is 4.16. The van der Waals surface area contributed by atoms with Gasteiger partial charge in [-0.1, -0.05) is 30.3 Å². The number of hydrogen-bond donors (Lipinski definition) is 2. The van der Waals surface area contributed by atoms with E-state index in [1.54, 1.807) is 24.3 Å². The number of nitrogens with one attached hydrogen (secondary N) is 2. The highest BCUT2D eigenvalue weighted by molar-refractivity contribution is 6.07.